The number of ketones is 1. The van der Waals surface area contributed by atoms with Crippen molar-refractivity contribution >= 4 is 23.1 Å². The van der Waals surface area contributed by atoms with Gasteiger partial charge in [-0.2, -0.15) is 0 Å². The first kappa shape index (κ1) is 15.6. The topological polar surface area (TPSA) is 81.4 Å². The van der Waals surface area contributed by atoms with Crippen molar-refractivity contribution in [3.8, 4) is 0 Å². The van der Waals surface area contributed by atoms with Crippen LogP contribution in [0.4, 0.5) is 11.4 Å². The molecular formula is C17H18N2O3. The third-order valence-corrected chi connectivity index (χ3v) is 3.02. The zero-order valence-corrected chi connectivity index (χ0v) is 12.3. The lowest BCUT2D eigenvalue weighted by Gasteiger charge is -2.11. The molecule has 2 rings (SSSR count). The molecule has 0 unspecified atom stereocenters. The fraction of sp³-hybridized carbons (Fsp3) is 0.176. The molecule has 1 aliphatic carbocycles. The van der Waals surface area contributed by atoms with Crippen LogP contribution in [0.3, 0.4) is 0 Å². The average molecular weight is 298 g/mol. The van der Waals surface area contributed by atoms with Gasteiger partial charge in [0.1, 0.15) is 5.70 Å². The molecule has 1 aromatic carbocycles. The molecule has 0 saturated carbocycles. The summed E-state index contributed by atoms with van der Waals surface area (Å²) in [5.74, 6) is -1.11. The fourth-order valence-electron chi connectivity index (χ4n) is 1.99. The van der Waals surface area contributed by atoms with Crippen LogP contribution in [0.2, 0.25) is 0 Å². The van der Waals surface area contributed by atoms with Crippen LogP contribution in [-0.4, -0.2) is 18.4 Å². The minimum atomic E-state index is -0.579. The van der Waals surface area contributed by atoms with E-state index in [2.05, 4.69) is 5.32 Å². The number of hydrogen-bond acceptors (Lipinski definition) is 5. The SMILES string of the molecule is CCOC(=O)/C(=C\C(=O)C1C=CC=C1)Nc1cccc(N)c1. The molecule has 5 heteroatoms. The number of carbonyl (C=O) groups excluding carboxylic acids is 2. The van der Waals surface area contributed by atoms with E-state index < -0.39 is 5.97 Å². The Labute approximate surface area is 129 Å². The lowest BCUT2D eigenvalue weighted by Crippen LogP contribution is -2.18. The molecule has 0 aliphatic heterocycles. The Morgan fingerprint density at radius 1 is 1.32 bits per heavy atom. The van der Waals surface area contributed by atoms with Crippen molar-refractivity contribution in [3.05, 3.63) is 60.3 Å². The predicted molar refractivity (Wildman–Crippen MR) is 86.0 cm³/mol. The second-order valence-electron chi connectivity index (χ2n) is 4.73. The number of allylic oxidation sites excluding steroid dienone is 5. The molecule has 0 saturated heterocycles. The first-order valence-corrected chi connectivity index (χ1v) is 7.00. The summed E-state index contributed by atoms with van der Waals surface area (Å²) in [6.07, 6.45) is 8.40. The fourth-order valence-corrected chi connectivity index (χ4v) is 1.99. The number of esters is 1. The lowest BCUT2D eigenvalue weighted by atomic mass is 10.1. The highest BCUT2D eigenvalue weighted by atomic mass is 16.5. The number of nitrogens with two attached hydrogens (primary N) is 1. The Bertz CT molecular complexity index is 648. The summed E-state index contributed by atoms with van der Waals surface area (Å²) in [6, 6.07) is 6.92. The van der Waals surface area contributed by atoms with Crippen LogP contribution >= 0.6 is 0 Å². The highest BCUT2D eigenvalue weighted by Gasteiger charge is 2.17. The van der Waals surface area contributed by atoms with Gasteiger partial charge in [0.05, 0.1) is 12.5 Å². The lowest BCUT2D eigenvalue weighted by molar-refractivity contribution is -0.138. The van der Waals surface area contributed by atoms with E-state index in [4.69, 9.17) is 10.5 Å². The standard InChI is InChI=1S/C17H18N2O3/c1-2-22-17(21)15(11-16(20)12-6-3-4-7-12)19-14-9-5-8-13(18)10-14/h3-12,19H,2,18H2,1H3/b15-11+. The second kappa shape index (κ2) is 7.26. The molecule has 0 spiro atoms. The highest BCUT2D eigenvalue weighted by molar-refractivity contribution is 6.03. The number of nitrogen functional groups attached to an aromatic ring is 1. The zero-order chi connectivity index (χ0) is 15.9. The van der Waals surface area contributed by atoms with Crippen LogP contribution in [0.15, 0.2) is 60.3 Å². The number of rotatable bonds is 6. The quantitative estimate of drug-likeness (QED) is 0.479. The van der Waals surface area contributed by atoms with Crippen LogP contribution in [-0.2, 0) is 14.3 Å². The maximum atomic E-state index is 12.2. The van der Waals surface area contributed by atoms with Gasteiger partial charge < -0.3 is 15.8 Å². The first-order valence-electron chi connectivity index (χ1n) is 7.00. The Kier molecular flexibility index (Phi) is 5.14. The Morgan fingerprint density at radius 2 is 2.05 bits per heavy atom. The van der Waals surface area contributed by atoms with E-state index in [0.717, 1.165) is 0 Å². The molecule has 0 atom stereocenters. The van der Waals surface area contributed by atoms with Crippen molar-refractivity contribution in [2.24, 2.45) is 5.92 Å². The highest BCUT2D eigenvalue weighted by Crippen LogP contribution is 2.17. The minimum Gasteiger partial charge on any atom is -0.461 e. The summed E-state index contributed by atoms with van der Waals surface area (Å²) < 4.78 is 4.98. The molecule has 0 bridgehead atoms. The van der Waals surface area contributed by atoms with Crippen LogP contribution < -0.4 is 11.1 Å². The van der Waals surface area contributed by atoms with Crippen molar-refractivity contribution < 1.29 is 14.3 Å². The number of ether oxygens (including phenoxy) is 1. The maximum absolute atomic E-state index is 12.2. The number of anilines is 2. The van der Waals surface area contributed by atoms with Crippen molar-refractivity contribution in [1.29, 1.82) is 0 Å². The monoisotopic (exact) mass is 298 g/mol. The van der Waals surface area contributed by atoms with Gasteiger partial charge in [-0.15, -0.1) is 0 Å². The summed E-state index contributed by atoms with van der Waals surface area (Å²) in [7, 11) is 0. The van der Waals surface area contributed by atoms with Gasteiger partial charge in [0.2, 0.25) is 0 Å². The first-order chi connectivity index (χ1) is 10.6. The number of carbonyl (C=O) groups is 2. The molecule has 22 heavy (non-hydrogen) atoms. The number of benzene rings is 1. The summed E-state index contributed by atoms with van der Waals surface area (Å²) in [5.41, 5.74) is 6.97. The molecule has 5 nitrogen and oxygen atoms in total. The third-order valence-electron chi connectivity index (χ3n) is 3.02. The molecule has 0 amide bonds. The van der Waals surface area contributed by atoms with Gasteiger partial charge >= 0.3 is 5.97 Å². The van der Waals surface area contributed by atoms with E-state index >= 15 is 0 Å². The van der Waals surface area contributed by atoms with Gasteiger partial charge in [-0.3, -0.25) is 4.79 Å². The molecule has 0 aromatic heterocycles. The smallest absolute Gasteiger partial charge is 0.354 e. The summed E-state index contributed by atoms with van der Waals surface area (Å²) in [5, 5.41) is 2.90. The van der Waals surface area contributed by atoms with Crippen LogP contribution in [0, 0.1) is 5.92 Å². The summed E-state index contributed by atoms with van der Waals surface area (Å²) >= 11 is 0. The van der Waals surface area contributed by atoms with E-state index in [-0.39, 0.29) is 24.0 Å². The molecule has 0 radical (unpaired) electrons. The van der Waals surface area contributed by atoms with Crippen LogP contribution in [0.1, 0.15) is 6.92 Å². The van der Waals surface area contributed by atoms with Crippen molar-refractivity contribution in [3.63, 3.8) is 0 Å². The predicted octanol–water partition coefficient (Wildman–Crippen LogP) is 2.44. The van der Waals surface area contributed by atoms with Gasteiger partial charge in [0, 0.05) is 17.5 Å². The Hall–Kier alpha value is -2.82. The van der Waals surface area contributed by atoms with Gasteiger partial charge in [-0.25, -0.2) is 4.79 Å². The average Bonchev–Trinajstić information content (AvgIpc) is 3.01. The third kappa shape index (κ3) is 4.09. The molecule has 3 N–H and O–H groups in total. The second-order valence-corrected chi connectivity index (χ2v) is 4.73. The zero-order valence-electron chi connectivity index (χ0n) is 12.3. The molecule has 1 aromatic rings. The summed E-state index contributed by atoms with van der Waals surface area (Å²) in [4.78, 5) is 24.2. The number of hydrogen-bond donors (Lipinski definition) is 2. The molecule has 1 aliphatic rings. The minimum absolute atomic E-state index is 0.0890. The van der Waals surface area contributed by atoms with Crippen LogP contribution in [0.25, 0.3) is 0 Å². The Morgan fingerprint density at radius 3 is 2.68 bits per heavy atom. The van der Waals surface area contributed by atoms with Crippen LogP contribution in [0.5, 0.6) is 0 Å². The van der Waals surface area contributed by atoms with Crippen molar-refractivity contribution in [2.45, 2.75) is 6.92 Å². The van der Waals surface area contributed by atoms with Gasteiger partial charge in [-0.1, -0.05) is 30.4 Å². The van der Waals surface area contributed by atoms with E-state index in [9.17, 15) is 9.59 Å². The van der Waals surface area contributed by atoms with Gasteiger partial charge in [-0.05, 0) is 25.1 Å². The molecule has 0 heterocycles. The molecule has 0 fully saturated rings. The van der Waals surface area contributed by atoms with E-state index in [1.165, 1.54) is 6.08 Å². The molecule has 114 valence electrons. The largest absolute Gasteiger partial charge is 0.461 e. The molecular weight excluding hydrogens is 280 g/mol. The van der Waals surface area contributed by atoms with E-state index in [0.29, 0.717) is 11.4 Å². The Balaban J connectivity index is 2.22. The summed E-state index contributed by atoms with van der Waals surface area (Å²) in [6.45, 7) is 1.94. The maximum Gasteiger partial charge on any atom is 0.354 e. The van der Waals surface area contributed by atoms with Crippen molar-refractivity contribution in [2.75, 3.05) is 17.7 Å². The van der Waals surface area contributed by atoms with E-state index in [1.807, 2.05) is 0 Å². The van der Waals surface area contributed by atoms with Gasteiger partial charge in [0.25, 0.3) is 0 Å². The number of nitrogens with one attached hydrogen (secondary N) is 1. The normalized spacial score (nSPS) is 14.1. The van der Waals surface area contributed by atoms with Gasteiger partial charge in [0.15, 0.2) is 5.78 Å². The van der Waals surface area contributed by atoms with E-state index in [1.54, 1.807) is 55.5 Å². The van der Waals surface area contributed by atoms with Crippen molar-refractivity contribution in [1.82, 2.24) is 0 Å².